The summed E-state index contributed by atoms with van der Waals surface area (Å²) in [4.78, 5) is 0. The summed E-state index contributed by atoms with van der Waals surface area (Å²) in [6.45, 7) is 9.64. The summed E-state index contributed by atoms with van der Waals surface area (Å²) in [5.41, 5.74) is 0. The van der Waals surface area contributed by atoms with Gasteiger partial charge in [-0.05, 0) is 21.0 Å². The van der Waals surface area contributed by atoms with Gasteiger partial charge in [-0.25, -0.2) is 4.67 Å². The van der Waals surface area contributed by atoms with Crippen molar-refractivity contribution in [3.63, 3.8) is 0 Å². The van der Waals surface area contributed by atoms with Gasteiger partial charge in [-0.2, -0.15) is 0 Å². The molecule has 0 aromatic carbocycles. The van der Waals surface area contributed by atoms with Gasteiger partial charge < -0.3 is 14.6 Å². The SMILES string of the molecule is CC.C[C@H]1CNC[C@@H](COP(C)(=O)N(C)C)O1. The van der Waals surface area contributed by atoms with Crippen LogP contribution in [0.4, 0.5) is 0 Å². The lowest BCUT2D eigenvalue weighted by atomic mass is 10.3. The molecule has 104 valence electrons. The summed E-state index contributed by atoms with van der Waals surface area (Å²) in [6.07, 6.45) is 0.199. The van der Waals surface area contributed by atoms with Gasteiger partial charge in [0, 0.05) is 19.8 Å². The van der Waals surface area contributed by atoms with E-state index in [4.69, 9.17) is 9.26 Å². The minimum atomic E-state index is -2.63. The molecule has 1 heterocycles. The number of rotatable bonds is 4. The monoisotopic (exact) mass is 266 g/mol. The molecule has 1 aliphatic heterocycles. The van der Waals surface area contributed by atoms with E-state index < -0.39 is 7.52 Å². The minimum Gasteiger partial charge on any atom is -0.370 e. The third-order valence-electron chi connectivity index (χ3n) is 2.46. The van der Waals surface area contributed by atoms with Gasteiger partial charge in [0.05, 0.1) is 18.8 Å². The summed E-state index contributed by atoms with van der Waals surface area (Å²) < 4.78 is 24.5. The summed E-state index contributed by atoms with van der Waals surface area (Å²) in [7, 11) is 0.881. The van der Waals surface area contributed by atoms with E-state index in [1.165, 1.54) is 0 Å². The van der Waals surface area contributed by atoms with Gasteiger partial charge in [0.25, 0.3) is 7.52 Å². The summed E-state index contributed by atoms with van der Waals surface area (Å²) in [5.74, 6) is 0. The Bertz CT molecular complexity index is 249. The Morgan fingerprint density at radius 3 is 2.47 bits per heavy atom. The summed E-state index contributed by atoms with van der Waals surface area (Å²) in [5, 5.41) is 3.24. The maximum absolute atomic E-state index is 11.9. The van der Waals surface area contributed by atoms with E-state index in [-0.39, 0.29) is 12.2 Å². The average molecular weight is 266 g/mol. The van der Waals surface area contributed by atoms with Crippen LogP contribution in [0.1, 0.15) is 20.8 Å². The molecule has 0 bridgehead atoms. The first kappa shape index (κ1) is 17.1. The highest BCUT2D eigenvalue weighted by Gasteiger charge is 2.24. The van der Waals surface area contributed by atoms with E-state index in [0.717, 1.165) is 13.1 Å². The molecule has 1 aliphatic rings. The largest absolute Gasteiger partial charge is 0.370 e. The maximum Gasteiger partial charge on any atom is 0.268 e. The van der Waals surface area contributed by atoms with Crippen LogP contribution >= 0.6 is 7.52 Å². The molecule has 1 unspecified atom stereocenters. The van der Waals surface area contributed by atoms with Crippen molar-refractivity contribution in [1.82, 2.24) is 9.99 Å². The lowest BCUT2D eigenvalue weighted by Gasteiger charge is -2.30. The Labute approximate surface area is 105 Å². The van der Waals surface area contributed by atoms with Crippen molar-refractivity contribution in [3.05, 3.63) is 0 Å². The van der Waals surface area contributed by atoms with E-state index >= 15 is 0 Å². The van der Waals surface area contributed by atoms with Gasteiger partial charge in [0.15, 0.2) is 0 Å². The Morgan fingerprint density at radius 2 is 2.00 bits per heavy atom. The molecular formula is C11H27N2O3P. The first-order chi connectivity index (χ1) is 7.92. The smallest absolute Gasteiger partial charge is 0.268 e. The molecule has 0 saturated carbocycles. The third-order valence-corrected chi connectivity index (χ3v) is 4.54. The van der Waals surface area contributed by atoms with Crippen LogP contribution < -0.4 is 5.32 Å². The van der Waals surface area contributed by atoms with Gasteiger partial charge in [-0.3, -0.25) is 4.57 Å². The molecule has 0 spiro atoms. The lowest BCUT2D eigenvalue weighted by molar-refractivity contribution is -0.0474. The average Bonchev–Trinajstić information content (AvgIpc) is 2.29. The number of hydrogen-bond donors (Lipinski definition) is 1. The molecule has 0 amide bonds. The van der Waals surface area contributed by atoms with Crippen molar-refractivity contribution in [1.29, 1.82) is 0 Å². The normalized spacial score (nSPS) is 28.2. The zero-order valence-corrected chi connectivity index (χ0v) is 12.8. The molecule has 0 aromatic heterocycles. The second-order valence-electron chi connectivity index (χ2n) is 4.17. The van der Waals surface area contributed by atoms with Crippen LogP contribution in [0.2, 0.25) is 0 Å². The van der Waals surface area contributed by atoms with Gasteiger partial charge in [0.1, 0.15) is 0 Å². The molecule has 1 rings (SSSR count). The van der Waals surface area contributed by atoms with Gasteiger partial charge >= 0.3 is 0 Å². The zero-order chi connectivity index (χ0) is 13.5. The molecular weight excluding hydrogens is 239 g/mol. The molecule has 0 radical (unpaired) electrons. The van der Waals surface area contributed by atoms with Crippen molar-refractivity contribution in [2.75, 3.05) is 40.5 Å². The van der Waals surface area contributed by atoms with Crippen LogP contribution in [-0.2, 0) is 13.8 Å². The number of morpholine rings is 1. The van der Waals surface area contributed by atoms with Crippen molar-refractivity contribution in [2.24, 2.45) is 0 Å². The second kappa shape index (κ2) is 8.22. The third kappa shape index (κ3) is 6.53. The van der Waals surface area contributed by atoms with Crippen molar-refractivity contribution >= 4 is 7.52 Å². The highest BCUT2D eigenvalue weighted by molar-refractivity contribution is 7.55. The van der Waals surface area contributed by atoms with E-state index in [0.29, 0.717) is 6.61 Å². The molecule has 17 heavy (non-hydrogen) atoms. The summed E-state index contributed by atoms with van der Waals surface area (Å²) in [6, 6.07) is 0. The number of nitrogens with zero attached hydrogens (tertiary/aromatic N) is 1. The number of nitrogens with one attached hydrogen (secondary N) is 1. The van der Waals surface area contributed by atoms with Crippen molar-refractivity contribution < 1.29 is 13.8 Å². The summed E-state index contributed by atoms with van der Waals surface area (Å²) >= 11 is 0. The van der Waals surface area contributed by atoms with Gasteiger partial charge in [-0.1, -0.05) is 13.8 Å². The Morgan fingerprint density at radius 1 is 1.41 bits per heavy atom. The molecule has 1 N–H and O–H groups in total. The Kier molecular flexibility index (Phi) is 8.25. The topological polar surface area (TPSA) is 50.8 Å². The number of hydrogen-bond acceptors (Lipinski definition) is 4. The highest BCUT2D eigenvalue weighted by Crippen LogP contribution is 2.44. The first-order valence-corrected chi connectivity index (χ1v) is 8.20. The van der Waals surface area contributed by atoms with Crippen LogP contribution in [0.25, 0.3) is 0 Å². The molecule has 0 aliphatic carbocycles. The zero-order valence-electron chi connectivity index (χ0n) is 11.9. The quantitative estimate of drug-likeness (QED) is 0.786. The van der Waals surface area contributed by atoms with E-state index in [1.807, 2.05) is 20.8 Å². The maximum atomic E-state index is 11.9. The van der Waals surface area contributed by atoms with Crippen LogP contribution in [0.3, 0.4) is 0 Å². The fraction of sp³-hybridized carbons (Fsp3) is 1.00. The standard InChI is InChI=1S/C9H21N2O3P.C2H6/c1-8-5-10-6-9(14-8)7-13-15(4,12)11(2)3;1-2/h8-10H,5-7H2,1-4H3;1-2H3/t8-,9-,15?;/m0./s1. The highest BCUT2D eigenvalue weighted by atomic mass is 31.2. The van der Waals surface area contributed by atoms with Crippen LogP contribution in [-0.4, -0.2) is 57.3 Å². The predicted octanol–water partition coefficient (Wildman–Crippen LogP) is 1.79. The van der Waals surface area contributed by atoms with E-state index in [2.05, 4.69) is 5.32 Å². The van der Waals surface area contributed by atoms with E-state index in [1.54, 1.807) is 25.4 Å². The molecule has 0 aromatic rings. The van der Waals surface area contributed by atoms with Gasteiger partial charge in [0.2, 0.25) is 0 Å². The van der Waals surface area contributed by atoms with Crippen LogP contribution in [0.5, 0.6) is 0 Å². The van der Waals surface area contributed by atoms with Crippen LogP contribution in [0.15, 0.2) is 0 Å². The Hall–Kier alpha value is 0.0700. The molecule has 5 nitrogen and oxygen atoms in total. The lowest BCUT2D eigenvalue weighted by Crippen LogP contribution is -2.45. The number of ether oxygens (including phenoxy) is 1. The first-order valence-electron chi connectivity index (χ1n) is 6.18. The fourth-order valence-corrected chi connectivity index (χ4v) is 1.98. The van der Waals surface area contributed by atoms with Crippen molar-refractivity contribution in [2.45, 2.75) is 33.0 Å². The van der Waals surface area contributed by atoms with Crippen LogP contribution in [0, 0.1) is 0 Å². The Balaban J connectivity index is 0.00000121. The minimum absolute atomic E-state index is 0.00183. The molecule has 1 saturated heterocycles. The van der Waals surface area contributed by atoms with Crippen molar-refractivity contribution in [3.8, 4) is 0 Å². The second-order valence-corrected chi connectivity index (χ2v) is 6.84. The molecule has 3 atom stereocenters. The van der Waals surface area contributed by atoms with Gasteiger partial charge in [-0.15, -0.1) is 0 Å². The predicted molar refractivity (Wildman–Crippen MR) is 71.7 cm³/mol. The van der Waals surface area contributed by atoms with E-state index in [9.17, 15) is 4.57 Å². The fourth-order valence-electron chi connectivity index (χ4n) is 1.31. The molecule has 1 fully saturated rings. The molecule has 6 heteroatoms.